The second-order valence-corrected chi connectivity index (χ2v) is 11.3. The fourth-order valence-electron chi connectivity index (χ4n) is 4.47. The molecule has 1 aliphatic rings. The highest BCUT2D eigenvalue weighted by molar-refractivity contribution is 8.25. The van der Waals surface area contributed by atoms with Crippen molar-refractivity contribution in [3.8, 4) is 5.69 Å². The molecule has 0 saturated carbocycles. The van der Waals surface area contributed by atoms with E-state index in [1.165, 1.54) is 43.4 Å². The Morgan fingerprint density at radius 3 is 2.15 bits per heavy atom. The molecule has 1 nitrogen and oxygen atoms in total. The summed E-state index contributed by atoms with van der Waals surface area (Å²) in [5, 5.41) is 6.43. The van der Waals surface area contributed by atoms with Crippen molar-refractivity contribution in [2.24, 2.45) is 0 Å². The molecule has 0 fully saturated rings. The molecule has 2 heterocycles. The Morgan fingerprint density at radius 1 is 0.593 bits per heavy atom. The van der Waals surface area contributed by atoms with Gasteiger partial charge in [0.15, 0.2) is 0 Å². The molecule has 3 heteroatoms. The van der Waals surface area contributed by atoms with E-state index in [0.717, 1.165) is 0 Å². The van der Waals surface area contributed by atoms with Gasteiger partial charge >= 0.3 is 0 Å². The van der Waals surface area contributed by atoms with E-state index in [0.29, 0.717) is 0 Å². The highest BCUT2D eigenvalue weighted by Crippen LogP contribution is 2.50. The Balaban J connectivity index is 1.91. The maximum absolute atomic E-state index is 6.57. The minimum absolute atomic E-state index is 1.23. The molecule has 4 aromatic carbocycles. The molecule has 5 aromatic rings. The molecule has 0 spiro atoms. The Morgan fingerprint density at radius 2 is 1.26 bits per heavy atom. The highest BCUT2D eigenvalue weighted by atomic mass is 32.4. The van der Waals surface area contributed by atoms with Gasteiger partial charge in [-0.15, -0.1) is 0 Å². The molecule has 0 amide bonds. The van der Waals surface area contributed by atoms with Crippen LogP contribution in [0.4, 0.5) is 0 Å². The maximum Gasteiger partial charge on any atom is 0.0632 e. The average molecular weight is 381 g/mol. The van der Waals surface area contributed by atoms with Gasteiger partial charge in [-0.1, -0.05) is 96.7 Å². The summed E-state index contributed by atoms with van der Waals surface area (Å²) in [5.74, 6) is 0. The largest absolute Gasteiger partial charge is 0.308 e. The summed E-state index contributed by atoms with van der Waals surface area (Å²) >= 11 is 6.57. The fourth-order valence-corrected chi connectivity index (χ4v) is 8.76. The summed E-state index contributed by atoms with van der Waals surface area (Å²) in [6.07, 6.45) is 0. The normalized spacial score (nSPS) is 17.9. The molecule has 0 radical (unpaired) electrons. The number of para-hydroxylation sites is 3. The van der Waals surface area contributed by atoms with Crippen molar-refractivity contribution in [1.82, 2.24) is 4.57 Å². The molecule has 0 bridgehead atoms. The van der Waals surface area contributed by atoms with Crippen LogP contribution in [-0.2, 0) is 11.8 Å². The summed E-state index contributed by atoms with van der Waals surface area (Å²) in [7, 11) is 0. The second kappa shape index (κ2) is 5.42. The zero-order chi connectivity index (χ0) is 18.0. The van der Waals surface area contributed by atoms with Gasteiger partial charge in [0.1, 0.15) is 0 Å². The van der Waals surface area contributed by atoms with E-state index in [9.17, 15) is 0 Å². The van der Waals surface area contributed by atoms with Gasteiger partial charge in [-0.3, -0.25) is 0 Å². The van der Waals surface area contributed by atoms with E-state index >= 15 is 0 Å². The predicted octanol–water partition coefficient (Wildman–Crippen LogP) is 4.85. The zero-order valence-electron chi connectivity index (χ0n) is 14.5. The fraction of sp³-hybridized carbons (Fsp3) is 0. The topological polar surface area (TPSA) is 4.93 Å². The van der Waals surface area contributed by atoms with Crippen LogP contribution >= 0.6 is 6.04 Å². The summed E-state index contributed by atoms with van der Waals surface area (Å²) in [6.45, 7) is 0. The molecule has 0 aliphatic carbocycles. The average Bonchev–Trinajstić information content (AvgIpc) is 3.08. The minimum Gasteiger partial charge on any atom is -0.308 e. The Kier molecular flexibility index (Phi) is 3.09. The molecule has 27 heavy (non-hydrogen) atoms. The van der Waals surface area contributed by atoms with Gasteiger partial charge < -0.3 is 4.57 Å². The van der Waals surface area contributed by atoms with Gasteiger partial charge in [0.05, 0.1) is 16.7 Å². The Hall–Kier alpha value is -2.67. The lowest BCUT2D eigenvalue weighted by atomic mass is 10.1. The molecule has 1 atom stereocenters. The van der Waals surface area contributed by atoms with Gasteiger partial charge in [-0.05, 0) is 17.4 Å². The van der Waals surface area contributed by atoms with Crippen molar-refractivity contribution in [3.63, 3.8) is 0 Å². The first-order valence-corrected chi connectivity index (χ1v) is 11.9. The number of hydrogen-bond acceptors (Lipinski definition) is 1. The van der Waals surface area contributed by atoms with Crippen molar-refractivity contribution < 1.29 is 0 Å². The van der Waals surface area contributed by atoms with E-state index in [4.69, 9.17) is 11.8 Å². The van der Waals surface area contributed by atoms with Gasteiger partial charge in [-0.25, -0.2) is 0 Å². The van der Waals surface area contributed by atoms with E-state index in [1.807, 2.05) is 0 Å². The number of nitrogens with zero attached hydrogens (tertiary/aromatic N) is 1. The second-order valence-electron chi connectivity index (χ2n) is 6.96. The van der Waals surface area contributed by atoms with Gasteiger partial charge in [0.25, 0.3) is 0 Å². The monoisotopic (exact) mass is 381 g/mol. The standard InChI is InChI=1S/C24H16NPS/c27-26(17-9-2-1-3-10-17)22-15-7-6-14-21(22)25-20-13-5-4-11-18(20)19-12-8-16-23(26)24(19)25/h1-16H. The first-order valence-electron chi connectivity index (χ1n) is 9.08. The van der Waals surface area contributed by atoms with Crippen LogP contribution in [-0.4, -0.2) is 4.57 Å². The quantitative estimate of drug-likeness (QED) is 0.369. The van der Waals surface area contributed by atoms with Crippen LogP contribution < -0.4 is 15.9 Å². The summed E-state index contributed by atoms with van der Waals surface area (Å²) in [4.78, 5) is 0. The summed E-state index contributed by atoms with van der Waals surface area (Å²) in [5.41, 5.74) is 3.76. The Bertz CT molecular complexity index is 1400. The van der Waals surface area contributed by atoms with E-state index in [2.05, 4.69) is 102 Å². The maximum atomic E-state index is 6.57. The lowest BCUT2D eigenvalue weighted by Gasteiger charge is -2.32. The van der Waals surface area contributed by atoms with Gasteiger partial charge in [-0.2, -0.15) is 0 Å². The number of fused-ring (bicyclic) bond motifs is 5. The number of benzene rings is 4. The van der Waals surface area contributed by atoms with Crippen molar-refractivity contribution >= 4 is 55.6 Å². The van der Waals surface area contributed by atoms with E-state index in [-0.39, 0.29) is 0 Å². The van der Waals surface area contributed by atoms with Gasteiger partial charge in [0.2, 0.25) is 0 Å². The molecule has 6 rings (SSSR count). The highest BCUT2D eigenvalue weighted by Gasteiger charge is 2.35. The predicted molar refractivity (Wildman–Crippen MR) is 120 cm³/mol. The van der Waals surface area contributed by atoms with Gasteiger partial charge in [0, 0.05) is 27.4 Å². The molecule has 1 aliphatic heterocycles. The van der Waals surface area contributed by atoms with Crippen LogP contribution in [0.1, 0.15) is 0 Å². The summed E-state index contributed by atoms with van der Waals surface area (Å²) < 4.78 is 2.42. The number of aromatic nitrogens is 1. The first-order chi connectivity index (χ1) is 13.3. The smallest absolute Gasteiger partial charge is 0.0632 e. The minimum atomic E-state index is -2.11. The van der Waals surface area contributed by atoms with Crippen LogP contribution in [0.25, 0.3) is 27.5 Å². The molecule has 1 aromatic heterocycles. The SMILES string of the molecule is S=P1(c2ccccc2)c2ccccc2-n2c3ccccc3c3cccc1c32. The van der Waals surface area contributed by atoms with Crippen molar-refractivity contribution in [3.05, 3.63) is 97.1 Å². The molecule has 0 N–H and O–H groups in total. The lowest BCUT2D eigenvalue weighted by molar-refractivity contribution is 1.19. The zero-order valence-corrected chi connectivity index (χ0v) is 16.3. The van der Waals surface area contributed by atoms with Crippen LogP contribution in [0, 0.1) is 0 Å². The molecule has 1 unspecified atom stereocenters. The third kappa shape index (κ3) is 1.87. The number of hydrogen-bond donors (Lipinski definition) is 0. The van der Waals surface area contributed by atoms with Crippen LogP contribution in [0.2, 0.25) is 0 Å². The van der Waals surface area contributed by atoms with Crippen LogP contribution in [0.15, 0.2) is 97.1 Å². The Labute approximate surface area is 162 Å². The third-order valence-corrected chi connectivity index (χ3v) is 10.5. The molecular weight excluding hydrogens is 365 g/mol. The molecule has 0 saturated heterocycles. The lowest BCUT2D eigenvalue weighted by Crippen LogP contribution is -2.32. The molecule has 128 valence electrons. The van der Waals surface area contributed by atoms with Crippen LogP contribution in [0.5, 0.6) is 0 Å². The van der Waals surface area contributed by atoms with E-state index < -0.39 is 6.04 Å². The van der Waals surface area contributed by atoms with Crippen molar-refractivity contribution in [2.45, 2.75) is 0 Å². The van der Waals surface area contributed by atoms with E-state index in [1.54, 1.807) is 0 Å². The van der Waals surface area contributed by atoms with Crippen molar-refractivity contribution in [2.75, 3.05) is 0 Å². The third-order valence-electron chi connectivity index (χ3n) is 5.59. The summed E-state index contributed by atoms with van der Waals surface area (Å²) in [6, 6.07) is 32.6. The molecular formula is C24H16NPS. The number of rotatable bonds is 1. The first kappa shape index (κ1) is 15.4. The van der Waals surface area contributed by atoms with Crippen molar-refractivity contribution in [1.29, 1.82) is 0 Å². The van der Waals surface area contributed by atoms with Crippen LogP contribution in [0.3, 0.4) is 0 Å².